The van der Waals surface area contributed by atoms with Crippen molar-refractivity contribution in [2.45, 2.75) is 65.7 Å². The average Bonchev–Trinajstić information content (AvgIpc) is 2.31. The summed E-state index contributed by atoms with van der Waals surface area (Å²) >= 11 is 0. The fraction of sp³-hybridized carbons (Fsp3) is 0.667. The van der Waals surface area contributed by atoms with Crippen molar-refractivity contribution in [3.8, 4) is 0 Å². The molecule has 98 valence electrons. The van der Waals surface area contributed by atoms with Crippen LogP contribution in [-0.2, 0) is 4.79 Å². The third-order valence-electron chi connectivity index (χ3n) is 3.04. The summed E-state index contributed by atoms with van der Waals surface area (Å²) < 4.78 is 0. The molecular formula is C15H26O2. The van der Waals surface area contributed by atoms with Crippen LogP contribution in [0.5, 0.6) is 0 Å². The SMILES string of the molecule is CCCCCCC=CCCC(C)=C(C)C(=O)O. The standard InChI is InChI=1S/C15H26O2/c1-4-5-6-7-8-9-10-11-12-13(2)14(3)15(16)17/h9-10H,4-8,11-12H2,1-3H3,(H,16,17). The molecule has 0 bridgehead atoms. The highest BCUT2D eigenvalue weighted by Crippen LogP contribution is 2.11. The molecule has 0 amide bonds. The average molecular weight is 238 g/mol. The zero-order chi connectivity index (χ0) is 13.1. The van der Waals surface area contributed by atoms with Crippen molar-refractivity contribution < 1.29 is 9.90 Å². The lowest BCUT2D eigenvalue weighted by Gasteiger charge is -2.01. The molecule has 0 atom stereocenters. The van der Waals surface area contributed by atoms with E-state index in [1.807, 2.05) is 6.92 Å². The molecule has 0 radical (unpaired) electrons. The highest BCUT2D eigenvalue weighted by Gasteiger charge is 2.03. The zero-order valence-corrected chi connectivity index (χ0v) is 11.5. The number of unbranched alkanes of at least 4 members (excludes halogenated alkanes) is 4. The minimum absolute atomic E-state index is 0.487. The van der Waals surface area contributed by atoms with E-state index in [4.69, 9.17) is 5.11 Å². The lowest BCUT2D eigenvalue weighted by atomic mass is 10.1. The van der Waals surface area contributed by atoms with Gasteiger partial charge in [0, 0.05) is 5.57 Å². The molecule has 0 saturated heterocycles. The molecule has 1 N–H and O–H groups in total. The van der Waals surface area contributed by atoms with Crippen LogP contribution in [0.3, 0.4) is 0 Å². The van der Waals surface area contributed by atoms with Gasteiger partial charge in [-0.05, 0) is 39.5 Å². The maximum absolute atomic E-state index is 10.7. The van der Waals surface area contributed by atoms with Crippen LogP contribution in [0.4, 0.5) is 0 Å². The summed E-state index contributed by atoms with van der Waals surface area (Å²) in [6.07, 6.45) is 12.5. The van der Waals surface area contributed by atoms with Gasteiger partial charge in [0.1, 0.15) is 0 Å². The van der Waals surface area contributed by atoms with Crippen LogP contribution in [0.2, 0.25) is 0 Å². The number of carboxylic acids is 1. The predicted octanol–water partition coefficient (Wildman–Crippen LogP) is 4.71. The van der Waals surface area contributed by atoms with Crippen LogP contribution in [0, 0.1) is 0 Å². The van der Waals surface area contributed by atoms with Crippen molar-refractivity contribution in [3.63, 3.8) is 0 Å². The van der Waals surface area contributed by atoms with E-state index >= 15 is 0 Å². The number of aliphatic carboxylic acids is 1. The maximum atomic E-state index is 10.7. The molecule has 0 aliphatic heterocycles. The number of rotatable bonds is 9. The van der Waals surface area contributed by atoms with Gasteiger partial charge in [-0.3, -0.25) is 0 Å². The van der Waals surface area contributed by atoms with Gasteiger partial charge in [0.2, 0.25) is 0 Å². The first kappa shape index (κ1) is 16.0. The molecule has 0 aromatic carbocycles. The Hall–Kier alpha value is -1.05. The van der Waals surface area contributed by atoms with Gasteiger partial charge in [0.25, 0.3) is 0 Å². The normalized spacial score (nSPS) is 12.9. The predicted molar refractivity (Wildman–Crippen MR) is 73.1 cm³/mol. The molecule has 0 fully saturated rings. The Bertz CT molecular complexity index is 275. The van der Waals surface area contributed by atoms with Gasteiger partial charge in [0.05, 0.1) is 0 Å². The van der Waals surface area contributed by atoms with Gasteiger partial charge in [0.15, 0.2) is 0 Å². The van der Waals surface area contributed by atoms with Crippen LogP contribution in [0.1, 0.15) is 65.7 Å². The second-order valence-electron chi connectivity index (χ2n) is 4.57. The Balaban J connectivity index is 3.66. The van der Waals surface area contributed by atoms with Crippen LogP contribution in [0.15, 0.2) is 23.3 Å². The van der Waals surface area contributed by atoms with Crippen LogP contribution < -0.4 is 0 Å². The lowest BCUT2D eigenvalue weighted by Crippen LogP contribution is -1.99. The van der Waals surface area contributed by atoms with Crippen molar-refractivity contribution in [3.05, 3.63) is 23.3 Å². The topological polar surface area (TPSA) is 37.3 Å². The van der Waals surface area contributed by atoms with E-state index in [9.17, 15) is 4.79 Å². The molecular weight excluding hydrogens is 212 g/mol. The van der Waals surface area contributed by atoms with Gasteiger partial charge >= 0.3 is 5.97 Å². The van der Waals surface area contributed by atoms with Crippen molar-refractivity contribution in [1.29, 1.82) is 0 Å². The van der Waals surface area contributed by atoms with Crippen molar-refractivity contribution in [2.24, 2.45) is 0 Å². The molecule has 0 aromatic heterocycles. The summed E-state index contributed by atoms with van der Waals surface area (Å²) in [5.41, 5.74) is 1.47. The van der Waals surface area contributed by atoms with Crippen molar-refractivity contribution >= 4 is 5.97 Å². The van der Waals surface area contributed by atoms with E-state index in [2.05, 4.69) is 19.1 Å². The molecule has 2 nitrogen and oxygen atoms in total. The Morgan fingerprint density at radius 1 is 1.06 bits per heavy atom. The van der Waals surface area contributed by atoms with E-state index < -0.39 is 5.97 Å². The van der Waals surface area contributed by atoms with E-state index in [0.717, 1.165) is 24.8 Å². The number of carbonyl (C=O) groups is 1. The first-order chi connectivity index (χ1) is 8.09. The zero-order valence-electron chi connectivity index (χ0n) is 11.5. The Labute approximate surface area is 105 Å². The quantitative estimate of drug-likeness (QED) is 0.359. The Morgan fingerprint density at radius 3 is 2.29 bits per heavy atom. The van der Waals surface area contributed by atoms with Gasteiger partial charge < -0.3 is 5.11 Å². The number of hydrogen-bond donors (Lipinski definition) is 1. The van der Waals surface area contributed by atoms with Crippen molar-refractivity contribution in [2.75, 3.05) is 0 Å². The fourth-order valence-corrected chi connectivity index (χ4v) is 1.59. The smallest absolute Gasteiger partial charge is 0.331 e. The summed E-state index contributed by atoms with van der Waals surface area (Å²) in [7, 11) is 0. The monoisotopic (exact) mass is 238 g/mol. The molecule has 0 unspecified atom stereocenters. The van der Waals surface area contributed by atoms with Gasteiger partial charge in [-0.2, -0.15) is 0 Å². The number of carboxylic acid groups (broad SMARTS) is 1. The van der Waals surface area contributed by atoms with Crippen LogP contribution >= 0.6 is 0 Å². The summed E-state index contributed by atoms with van der Waals surface area (Å²) in [4.78, 5) is 10.7. The summed E-state index contributed by atoms with van der Waals surface area (Å²) in [5.74, 6) is -0.800. The van der Waals surface area contributed by atoms with Gasteiger partial charge in [-0.15, -0.1) is 0 Å². The molecule has 2 heteroatoms. The molecule has 17 heavy (non-hydrogen) atoms. The molecule has 0 rings (SSSR count). The minimum Gasteiger partial charge on any atom is -0.478 e. The molecule has 0 aliphatic rings. The largest absolute Gasteiger partial charge is 0.478 e. The second-order valence-corrected chi connectivity index (χ2v) is 4.57. The van der Waals surface area contributed by atoms with Crippen LogP contribution in [0.25, 0.3) is 0 Å². The number of allylic oxidation sites excluding steroid dienone is 3. The minimum atomic E-state index is -0.800. The highest BCUT2D eigenvalue weighted by atomic mass is 16.4. The number of hydrogen-bond acceptors (Lipinski definition) is 1. The lowest BCUT2D eigenvalue weighted by molar-refractivity contribution is -0.132. The first-order valence-electron chi connectivity index (χ1n) is 6.64. The molecule has 0 aromatic rings. The maximum Gasteiger partial charge on any atom is 0.331 e. The molecule has 0 heterocycles. The van der Waals surface area contributed by atoms with E-state index in [0.29, 0.717) is 5.57 Å². The third-order valence-corrected chi connectivity index (χ3v) is 3.04. The third kappa shape index (κ3) is 8.73. The highest BCUT2D eigenvalue weighted by molar-refractivity contribution is 5.86. The Morgan fingerprint density at radius 2 is 1.71 bits per heavy atom. The first-order valence-corrected chi connectivity index (χ1v) is 6.64. The fourth-order valence-electron chi connectivity index (χ4n) is 1.59. The van der Waals surface area contributed by atoms with Gasteiger partial charge in [-0.1, -0.05) is 43.9 Å². The van der Waals surface area contributed by atoms with E-state index in [1.165, 1.54) is 25.7 Å². The van der Waals surface area contributed by atoms with Crippen molar-refractivity contribution in [1.82, 2.24) is 0 Å². The second kappa shape index (κ2) is 10.1. The molecule has 0 aliphatic carbocycles. The summed E-state index contributed by atoms with van der Waals surface area (Å²) in [6, 6.07) is 0. The summed E-state index contributed by atoms with van der Waals surface area (Å²) in [5, 5.41) is 8.80. The van der Waals surface area contributed by atoms with Gasteiger partial charge in [-0.25, -0.2) is 4.79 Å². The van der Waals surface area contributed by atoms with E-state index in [1.54, 1.807) is 6.92 Å². The molecule has 0 saturated carbocycles. The Kier molecular flexibility index (Phi) is 9.50. The molecule has 0 spiro atoms. The van der Waals surface area contributed by atoms with E-state index in [-0.39, 0.29) is 0 Å². The van der Waals surface area contributed by atoms with Crippen LogP contribution in [-0.4, -0.2) is 11.1 Å². The summed E-state index contributed by atoms with van der Waals surface area (Å²) in [6.45, 7) is 5.79.